The number of Topliss-reactive ketones (excluding diaryl/α,β-unsaturated/α-hetero) is 1. The zero-order chi connectivity index (χ0) is 22.6. The van der Waals surface area contributed by atoms with Crippen LogP contribution in [-0.2, 0) is 20.7 Å². The van der Waals surface area contributed by atoms with E-state index in [2.05, 4.69) is 24.0 Å². The van der Waals surface area contributed by atoms with Crippen molar-refractivity contribution in [2.75, 3.05) is 4.90 Å². The van der Waals surface area contributed by atoms with E-state index in [0.717, 1.165) is 5.01 Å². The van der Waals surface area contributed by atoms with Crippen LogP contribution in [0.25, 0.3) is 0 Å². The molecule has 0 saturated heterocycles. The molecular weight excluding hydrogens is 436 g/mol. The van der Waals surface area contributed by atoms with Gasteiger partial charge >= 0.3 is 0 Å². The summed E-state index contributed by atoms with van der Waals surface area (Å²) < 4.78 is 35.0. The van der Waals surface area contributed by atoms with E-state index < -0.39 is 36.0 Å². The van der Waals surface area contributed by atoms with Gasteiger partial charge in [0.2, 0.25) is 5.13 Å². The van der Waals surface area contributed by atoms with Gasteiger partial charge in [-0.25, -0.2) is 8.78 Å². The van der Waals surface area contributed by atoms with Crippen LogP contribution in [0.3, 0.4) is 0 Å². The maximum absolute atomic E-state index is 14.9. The van der Waals surface area contributed by atoms with Crippen LogP contribution in [0, 0.1) is 17.7 Å². The molecule has 0 bridgehead atoms. The third-order valence-corrected chi connectivity index (χ3v) is 7.17. The zero-order valence-electron chi connectivity index (χ0n) is 17.8. The van der Waals surface area contributed by atoms with Gasteiger partial charge in [0.1, 0.15) is 29.1 Å². The highest BCUT2D eigenvalue weighted by Gasteiger charge is 2.54. The van der Waals surface area contributed by atoms with Crippen molar-refractivity contribution in [1.82, 2.24) is 10.2 Å². The first-order valence-corrected chi connectivity index (χ1v) is 11.7. The van der Waals surface area contributed by atoms with Crippen LogP contribution in [0.5, 0.6) is 0 Å². The third-order valence-electron chi connectivity index (χ3n) is 6.23. The van der Waals surface area contributed by atoms with Gasteiger partial charge in [-0.1, -0.05) is 43.4 Å². The molecule has 32 heavy (non-hydrogen) atoms. The lowest BCUT2D eigenvalue weighted by molar-refractivity contribution is -0.133. The molecule has 3 heterocycles. The first kappa shape index (κ1) is 21.2. The number of ketones is 1. The summed E-state index contributed by atoms with van der Waals surface area (Å²) in [5.41, 5.74) is 0.269. The van der Waals surface area contributed by atoms with Crippen LogP contribution in [0.1, 0.15) is 49.7 Å². The minimum absolute atomic E-state index is 0.0514. The van der Waals surface area contributed by atoms with Gasteiger partial charge in [0.15, 0.2) is 11.5 Å². The minimum atomic E-state index is -1.09. The molecule has 2 aromatic rings. The second-order valence-electron chi connectivity index (χ2n) is 8.96. The molecule has 0 spiro atoms. The van der Waals surface area contributed by atoms with Crippen molar-refractivity contribution in [3.8, 4) is 0 Å². The molecule has 0 N–H and O–H groups in total. The summed E-state index contributed by atoms with van der Waals surface area (Å²) in [6.07, 6.45) is -0.230. The number of fused-ring (bicyclic) bond motifs is 1. The second-order valence-corrected chi connectivity index (χ2v) is 10.00. The number of ether oxygens (including phenoxy) is 1. The summed E-state index contributed by atoms with van der Waals surface area (Å²) in [5, 5.41) is 9.42. The van der Waals surface area contributed by atoms with Crippen LogP contribution in [0.15, 0.2) is 35.6 Å². The molecule has 6 nitrogen and oxygen atoms in total. The fraction of sp³-hybridized carbons (Fsp3) is 0.478. The number of hydrogen-bond donors (Lipinski definition) is 0. The summed E-state index contributed by atoms with van der Waals surface area (Å²) in [5.74, 6) is -1.81. The summed E-state index contributed by atoms with van der Waals surface area (Å²) in [4.78, 5) is 28.3. The van der Waals surface area contributed by atoms with Crippen molar-refractivity contribution in [3.63, 3.8) is 0 Å². The molecule has 1 aromatic heterocycles. The third kappa shape index (κ3) is 3.43. The van der Waals surface area contributed by atoms with Crippen LogP contribution in [0.4, 0.5) is 13.9 Å². The van der Waals surface area contributed by atoms with Gasteiger partial charge in [-0.15, -0.1) is 10.2 Å². The van der Waals surface area contributed by atoms with Crippen molar-refractivity contribution in [2.45, 2.75) is 57.8 Å². The Morgan fingerprint density at radius 2 is 2.00 bits per heavy atom. The number of carbonyl (C=O) groups excluding carboxylic acids is 2. The van der Waals surface area contributed by atoms with E-state index >= 15 is 0 Å². The van der Waals surface area contributed by atoms with Crippen molar-refractivity contribution in [3.05, 3.63) is 52.0 Å². The Labute approximate surface area is 188 Å². The molecule has 1 saturated carbocycles. The number of aromatic nitrogens is 2. The molecule has 168 valence electrons. The highest BCUT2D eigenvalue weighted by molar-refractivity contribution is 7.15. The largest absolute Gasteiger partial charge is 0.483 e. The van der Waals surface area contributed by atoms with Gasteiger partial charge in [-0.3, -0.25) is 14.5 Å². The van der Waals surface area contributed by atoms with E-state index in [9.17, 15) is 18.4 Å². The van der Waals surface area contributed by atoms with E-state index in [1.165, 1.54) is 22.3 Å². The van der Waals surface area contributed by atoms with Crippen LogP contribution >= 0.6 is 11.3 Å². The monoisotopic (exact) mass is 459 g/mol. The normalized spacial score (nSPS) is 27.6. The molecule has 1 amide bonds. The van der Waals surface area contributed by atoms with E-state index in [-0.39, 0.29) is 34.2 Å². The molecule has 1 fully saturated rings. The molecule has 5 rings (SSSR count). The zero-order valence-corrected chi connectivity index (χ0v) is 18.6. The van der Waals surface area contributed by atoms with Crippen LogP contribution < -0.4 is 4.90 Å². The topological polar surface area (TPSA) is 72.4 Å². The summed E-state index contributed by atoms with van der Waals surface area (Å²) in [6.45, 7) is 4.10. The van der Waals surface area contributed by atoms with E-state index in [4.69, 9.17) is 4.74 Å². The fourth-order valence-electron chi connectivity index (χ4n) is 4.78. The molecule has 1 aliphatic carbocycles. The number of hydrogen-bond acceptors (Lipinski definition) is 6. The predicted octanol–water partition coefficient (Wildman–Crippen LogP) is 4.32. The number of benzene rings is 1. The number of carbonyl (C=O) groups is 2. The van der Waals surface area contributed by atoms with Crippen molar-refractivity contribution >= 4 is 28.2 Å². The molecule has 9 heteroatoms. The van der Waals surface area contributed by atoms with Gasteiger partial charge in [-0.2, -0.15) is 0 Å². The van der Waals surface area contributed by atoms with Crippen molar-refractivity contribution in [1.29, 1.82) is 0 Å². The SMILES string of the molecule is CC(C)Cc1nnc(N2C(=O)C3=C(C(=O)C4CC(F)CCC4O3)C2c2ccccc2F)s1. The molecule has 0 radical (unpaired) electrons. The van der Waals surface area contributed by atoms with Crippen molar-refractivity contribution < 1.29 is 23.1 Å². The Balaban J connectivity index is 1.61. The van der Waals surface area contributed by atoms with Gasteiger partial charge in [-0.05, 0) is 31.2 Å². The first-order valence-electron chi connectivity index (χ1n) is 10.8. The Bertz CT molecular complexity index is 1120. The number of alkyl halides is 1. The van der Waals surface area contributed by atoms with Crippen LogP contribution in [-0.4, -0.2) is 34.2 Å². The van der Waals surface area contributed by atoms with Crippen LogP contribution in [0.2, 0.25) is 0 Å². The second kappa shape index (κ2) is 8.03. The molecular formula is C23H23F2N3O3S. The number of halogens is 2. The predicted molar refractivity (Wildman–Crippen MR) is 114 cm³/mol. The van der Waals surface area contributed by atoms with E-state index in [1.807, 2.05) is 0 Å². The Hall–Kier alpha value is -2.68. The highest BCUT2D eigenvalue weighted by atomic mass is 32.1. The quantitative estimate of drug-likeness (QED) is 0.681. The number of anilines is 1. The lowest BCUT2D eigenvalue weighted by Crippen LogP contribution is -2.42. The average Bonchev–Trinajstić information content (AvgIpc) is 3.31. The molecule has 2 aliphatic heterocycles. The van der Waals surface area contributed by atoms with E-state index in [0.29, 0.717) is 25.2 Å². The minimum Gasteiger partial charge on any atom is -0.483 e. The molecule has 1 aromatic carbocycles. The van der Waals surface area contributed by atoms with Crippen molar-refractivity contribution in [2.24, 2.45) is 11.8 Å². The fourth-order valence-corrected chi connectivity index (χ4v) is 5.86. The smallest absolute Gasteiger partial charge is 0.296 e. The lowest BCUT2D eigenvalue weighted by Gasteiger charge is -2.36. The van der Waals surface area contributed by atoms with E-state index in [1.54, 1.807) is 18.2 Å². The molecule has 4 atom stereocenters. The number of nitrogens with zero attached hydrogens (tertiary/aromatic N) is 3. The standard InChI is InChI=1S/C23H23F2N3O3S/c1-11(2)9-17-26-27-23(32-17)28-19(13-5-3-4-6-15(13)25)18-20(29)14-10-12(24)7-8-16(14)31-21(18)22(28)30/h3-6,11-12,14,16,19H,7-10H2,1-2H3. The summed E-state index contributed by atoms with van der Waals surface area (Å²) in [6, 6.07) is 5.01. The maximum atomic E-state index is 14.9. The Kier molecular flexibility index (Phi) is 5.31. The Morgan fingerprint density at radius 3 is 2.75 bits per heavy atom. The average molecular weight is 460 g/mol. The first-order chi connectivity index (χ1) is 15.3. The van der Waals surface area contributed by atoms with Gasteiger partial charge in [0, 0.05) is 12.0 Å². The van der Waals surface area contributed by atoms with Gasteiger partial charge in [0.25, 0.3) is 5.91 Å². The van der Waals surface area contributed by atoms with Gasteiger partial charge < -0.3 is 4.74 Å². The molecule has 3 aliphatic rings. The summed E-state index contributed by atoms with van der Waals surface area (Å²) >= 11 is 1.25. The van der Waals surface area contributed by atoms with Gasteiger partial charge in [0.05, 0.1) is 11.5 Å². The number of rotatable bonds is 4. The Morgan fingerprint density at radius 1 is 1.22 bits per heavy atom. The highest BCUT2D eigenvalue weighted by Crippen LogP contribution is 2.49. The molecule has 4 unspecified atom stereocenters. The lowest BCUT2D eigenvalue weighted by atomic mass is 9.77. The number of amides is 1. The summed E-state index contributed by atoms with van der Waals surface area (Å²) in [7, 11) is 0. The maximum Gasteiger partial charge on any atom is 0.296 e.